The van der Waals surface area contributed by atoms with Crippen LogP contribution in [0.1, 0.15) is 24.3 Å². The maximum Gasteiger partial charge on any atom is 0.315 e. The number of nitrogens with one attached hydrogen (secondary N) is 2. The SMILES string of the molecule is CCNC(=O)NCc1sccc1CC. The van der Waals surface area contributed by atoms with Gasteiger partial charge in [0.05, 0.1) is 6.54 Å². The highest BCUT2D eigenvalue weighted by Crippen LogP contribution is 2.16. The molecule has 2 amide bonds. The van der Waals surface area contributed by atoms with Crippen LogP contribution in [0.4, 0.5) is 4.79 Å². The number of carbonyl (C=O) groups is 1. The fourth-order valence-electron chi connectivity index (χ4n) is 1.22. The van der Waals surface area contributed by atoms with Crippen molar-refractivity contribution in [3.63, 3.8) is 0 Å². The number of hydrogen-bond donors (Lipinski definition) is 2. The van der Waals surface area contributed by atoms with Crippen molar-refractivity contribution >= 4 is 17.4 Å². The first-order chi connectivity index (χ1) is 6.77. The summed E-state index contributed by atoms with van der Waals surface area (Å²) in [4.78, 5) is 12.4. The number of thiophene rings is 1. The Morgan fingerprint density at radius 2 is 2.21 bits per heavy atom. The fourth-order valence-corrected chi connectivity index (χ4v) is 2.14. The van der Waals surface area contributed by atoms with Gasteiger partial charge in [-0.3, -0.25) is 0 Å². The van der Waals surface area contributed by atoms with Crippen molar-refractivity contribution in [3.05, 3.63) is 21.9 Å². The Balaban J connectivity index is 2.41. The molecule has 1 aromatic rings. The highest BCUT2D eigenvalue weighted by molar-refractivity contribution is 7.10. The smallest absolute Gasteiger partial charge is 0.315 e. The molecule has 0 spiro atoms. The van der Waals surface area contributed by atoms with Gasteiger partial charge in [0, 0.05) is 11.4 Å². The fraction of sp³-hybridized carbons (Fsp3) is 0.500. The van der Waals surface area contributed by atoms with E-state index in [4.69, 9.17) is 0 Å². The molecular formula is C10H16N2OS. The Bertz CT molecular complexity index is 296. The molecule has 3 nitrogen and oxygen atoms in total. The van der Waals surface area contributed by atoms with Crippen LogP contribution >= 0.6 is 11.3 Å². The molecule has 0 unspecified atom stereocenters. The number of amides is 2. The lowest BCUT2D eigenvalue weighted by molar-refractivity contribution is 0.241. The molecule has 0 aliphatic rings. The van der Waals surface area contributed by atoms with Crippen molar-refractivity contribution in [2.45, 2.75) is 26.8 Å². The monoisotopic (exact) mass is 212 g/mol. The number of aryl methyl sites for hydroxylation is 1. The van der Waals surface area contributed by atoms with Gasteiger partial charge in [-0.1, -0.05) is 6.92 Å². The second-order valence-corrected chi connectivity index (χ2v) is 3.94. The van der Waals surface area contributed by atoms with Gasteiger partial charge in [0.1, 0.15) is 0 Å². The third-order valence-electron chi connectivity index (χ3n) is 1.97. The average Bonchev–Trinajstić information content (AvgIpc) is 2.62. The van der Waals surface area contributed by atoms with Crippen LogP contribution < -0.4 is 10.6 Å². The first-order valence-corrected chi connectivity index (χ1v) is 5.72. The lowest BCUT2D eigenvalue weighted by atomic mass is 10.2. The van der Waals surface area contributed by atoms with E-state index in [9.17, 15) is 4.79 Å². The van der Waals surface area contributed by atoms with E-state index in [2.05, 4.69) is 29.0 Å². The van der Waals surface area contributed by atoms with Crippen molar-refractivity contribution in [3.8, 4) is 0 Å². The third-order valence-corrected chi connectivity index (χ3v) is 2.93. The van der Waals surface area contributed by atoms with Gasteiger partial charge in [-0.2, -0.15) is 0 Å². The molecule has 0 fully saturated rings. The van der Waals surface area contributed by atoms with Gasteiger partial charge in [0.25, 0.3) is 0 Å². The number of carbonyl (C=O) groups excluding carboxylic acids is 1. The van der Waals surface area contributed by atoms with Gasteiger partial charge in [-0.25, -0.2) is 4.79 Å². The van der Waals surface area contributed by atoms with E-state index < -0.39 is 0 Å². The van der Waals surface area contributed by atoms with Gasteiger partial charge in [-0.05, 0) is 30.4 Å². The van der Waals surface area contributed by atoms with Crippen molar-refractivity contribution in [2.75, 3.05) is 6.54 Å². The molecule has 0 aliphatic heterocycles. The van der Waals surface area contributed by atoms with E-state index in [1.165, 1.54) is 10.4 Å². The Labute approximate surface area is 88.5 Å². The molecule has 2 N–H and O–H groups in total. The Morgan fingerprint density at radius 3 is 2.86 bits per heavy atom. The number of hydrogen-bond acceptors (Lipinski definition) is 2. The van der Waals surface area contributed by atoms with Crippen LogP contribution in [-0.2, 0) is 13.0 Å². The summed E-state index contributed by atoms with van der Waals surface area (Å²) in [6, 6.07) is 2.02. The molecule has 0 aromatic carbocycles. The second-order valence-electron chi connectivity index (χ2n) is 2.94. The van der Waals surface area contributed by atoms with Gasteiger partial charge in [0.15, 0.2) is 0 Å². The zero-order valence-electron chi connectivity index (χ0n) is 8.59. The van der Waals surface area contributed by atoms with Crippen LogP contribution in [0.5, 0.6) is 0 Å². The zero-order valence-corrected chi connectivity index (χ0v) is 9.41. The van der Waals surface area contributed by atoms with E-state index in [-0.39, 0.29) is 6.03 Å². The minimum absolute atomic E-state index is 0.0945. The minimum Gasteiger partial charge on any atom is -0.338 e. The third kappa shape index (κ3) is 3.03. The van der Waals surface area contributed by atoms with Crippen LogP contribution in [0.2, 0.25) is 0 Å². The Morgan fingerprint density at radius 1 is 1.43 bits per heavy atom. The highest BCUT2D eigenvalue weighted by atomic mass is 32.1. The van der Waals surface area contributed by atoms with Gasteiger partial charge < -0.3 is 10.6 Å². The van der Waals surface area contributed by atoms with Crippen molar-refractivity contribution < 1.29 is 4.79 Å². The molecule has 0 saturated carbocycles. The minimum atomic E-state index is -0.0945. The molecule has 4 heteroatoms. The Kier molecular flexibility index (Phi) is 4.46. The standard InChI is InChI=1S/C10H16N2OS/c1-3-8-5-6-14-9(8)7-12-10(13)11-4-2/h5-6H,3-4,7H2,1-2H3,(H2,11,12,13). The maximum atomic E-state index is 11.1. The molecule has 0 saturated heterocycles. The van der Waals surface area contributed by atoms with E-state index in [0.717, 1.165) is 6.42 Å². The summed E-state index contributed by atoms with van der Waals surface area (Å²) in [7, 11) is 0. The molecule has 1 aromatic heterocycles. The van der Waals surface area contributed by atoms with Crippen LogP contribution in [-0.4, -0.2) is 12.6 Å². The lowest BCUT2D eigenvalue weighted by Gasteiger charge is -2.05. The molecule has 14 heavy (non-hydrogen) atoms. The summed E-state index contributed by atoms with van der Waals surface area (Å²) >= 11 is 1.69. The van der Waals surface area contributed by atoms with E-state index in [1.54, 1.807) is 11.3 Å². The zero-order chi connectivity index (χ0) is 10.4. The highest BCUT2D eigenvalue weighted by Gasteiger charge is 2.03. The summed E-state index contributed by atoms with van der Waals surface area (Å²) in [6.07, 6.45) is 1.02. The summed E-state index contributed by atoms with van der Waals surface area (Å²) < 4.78 is 0. The first-order valence-electron chi connectivity index (χ1n) is 4.84. The summed E-state index contributed by atoms with van der Waals surface area (Å²) in [5, 5.41) is 7.58. The molecule has 0 bridgehead atoms. The normalized spacial score (nSPS) is 9.86. The van der Waals surface area contributed by atoms with Crippen molar-refractivity contribution in [1.29, 1.82) is 0 Å². The van der Waals surface area contributed by atoms with E-state index in [0.29, 0.717) is 13.1 Å². The Hall–Kier alpha value is -1.03. The van der Waals surface area contributed by atoms with Crippen LogP contribution in [0.3, 0.4) is 0 Å². The molecular weight excluding hydrogens is 196 g/mol. The summed E-state index contributed by atoms with van der Waals surface area (Å²) in [5.41, 5.74) is 1.33. The quantitative estimate of drug-likeness (QED) is 0.788. The largest absolute Gasteiger partial charge is 0.338 e. The summed E-state index contributed by atoms with van der Waals surface area (Å²) in [5.74, 6) is 0. The van der Waals surface area contributed by atoms with Gasteiger partial charge in [-0.15, -0.1) is 11.3 Å². The molecule has 0 aliphatic carbocycles. The predicted molar refractivity (Wildman–Crippen MR) is 59.6 cm³/mol. The molecule has 0 radical (unpaired) electrons. The van der Waals surface area contributed by atoms with Crippen LogP contribution in [0.15, 0.2) is 11.4 Å². The molecule has 1 heterocycles. The summed E-state index contributed by atoms with van der Waals surface area (Å²) in [6.45, 7) is 5.32. The average molecular weight is 212 g/mol. The lowest BCUT2D eigenvalue weighted by Crippen LogP contribution is -2.34. The van der Waals surface area contributed by atoms with Gasteiger partial charge >= 0.3 is 6.03 Å². The first kappa shape index (κ1) is 11.0. The second kappa shape index (κ2) is 5.65. The van der Waals surface area contributed by atoms with Crippen molar-refractivity contribution in [2.24, 2.45) is 0 Å². The van der Waals surface area contributed by atoms with Gasteiger partial charge in [0.2, 0.25) is 0 Å². The molecule has 78 valence electrons. The van der Waals surface area contributed by atoms with E-state index in [1.807, 2.05) is 6.92 Å². The van der Waals surface area contributed by atoms with Crippen LogP contribution in [0, 0.1) is 0 Å². The molecule has 0 atom stereocenters. The predicted octanol–water partition coefficient (Wildman–Crippen LogP) is 2.13. The van der Waals surface area contributed by atoms with Crippen molar-refractivity contribution in [1.82, 2.24) is 10.6 Å². The number of urea groups is 1. The molecule has 1 rings (SSSR count). The number of rotatable bonds is 4. The van der Waals surface area contributed by atoms with Crippen LogP contribution in [0.25, 0.3) is 0 Å². The maximum absolute atomic E-state index is 11.1. The topological polar surface area (TPSA) is 41.1 Å². The van der Waals surface area contributed by atoms with E-state index >= 15 is 0 Å².